The van der Waals surface area contributed by atoms with Crippen LogP contribution in [0.4, 0.5) is 5.69 Å². The van der Waals surface area contributed by atoms with E-state index in [0.29, 0.717) is 5.92 Å². The number of hydrogen-bond donors (Lipinski definition) is 1. The Balaban J connectivity index is 2.36. The molecule has 1 aromatic carbocycles. The van der Waals surface area contributed by atoms with Crippen LogP contribution in [0.2, 0.25) is 0 Å². The molecule has 0 aromatic heterocycles. The lowest BCUT2D eigenvalue weighted by Gasteiger charge is -2.47. The molecule has 1 aliphatic heterocycles. The van der Waals surface area contributed by atoms with E-state index in [0.717, 1.165) is 19.6 Å². The lowest BCUT2D eigenvalue weighted by atomic mass is 9.79. The monoisotopic (exact) mass is 260 g/mol. The van der Waals surface area contributed by atoms with Crippen molar-refractivity contribution in [1.82, 2.24) is 5.32 Å². The first-order valence-electron chi connectivity index (χ1n) is 7.60. The van der Waals surface area contributed by atoms with Gasteiger partial charge >= 0.3 is 0 Å². The van der Waals surface area contributed by atoms with Crippen LogP contribution in [0, 0.1) is 0 Å². The highest BCUT2D eigenvalue weighted by molar-refractivity contribution is 5.60. The van der Waals surface area contributed by atoms with Gasteiger partial charge in [0.25, 0.3) is 0 Å². The number of nitrogens with zero attached hydrogens (tertiary/aromatic N) is 1. The van der Waals surface area contributed by atoms with Gasteiger partial charge < -0.3 is 10.2 Å². The Morgan fingerprint density at radius 1 is 1.32 bits per heavy atom. The Kier molecular flexibility index (Phi) is 4.19. The maximum atomic E-state index is 3.41. The Bertz CT molecular complexity index is 437. The molecule has 0 saturated carbocycles. The molecule has 1 N–H and O–H groups in total. The maximum Gasteiger partial charge on any atom is 0.0406 e. The number of anilines is 1. The summed E-state index contributed by atoms with van der Waals surface area (Å²) in [5.74, 6) is 0.648. The predicted octanol–water partition coefficient (Wildman–Crippen LogP) is 3.91. The standard InChI is InChI=1S/C17H28N2/c1-6-18-12-14-8-9-16-15(10-14)13(3)11-17(4,5)19(16)7-2/h8-10,13,18H,6-7,11-12H2,1-5H3/t13-/m1/s1. The second-order valence-electron chi connectivity index (χ2n) is 6.34. The van der Waals surface area contributed by atoms with Crippen LogP contribution in [0.5, 0.6) is 0 Å². The summed E-state index contributed by atoms with van der Waals surface area (Å²) in [6, 6.07) is 7.00. The van der Waals surface area contributed by atoms with Gasteiger partial charge in [0.05, 0.1) is 0 Å². The van der Waals surface area contributed by atoms with Crippen molar-refractivity contribution in [2.24, 2.45) is 0 Å². The van der Waals surface area contributed by atoms with Crippen molar-refractivity contribution in [1.29, 1.82) is 0 Å². The summed E-state index contributed by atoms with van der Waals surface area (Å²) in [5, 5.41) is 3.41. The van der Waals surface area contributed by atoms with Crippen LogP contribution in [0.15, 0.2) is 18.2 Å². The highest BCUT2D eigenvalue weighted by atomic mass is 15.2. The first kappa shape index (κ1) is 14.4. The summed E-state index contributed by atoms with van der Waals surface area (Å²) in [7, 11) is 0. The minimum Gasteiger partial charge on any atom is -0.366 e. The summed E-state index contributed by atoms with van der Waals surface area (Å²) in [6.45, 7) is 14.6. The van der Waals surface area contributed by atoms with Gasteiger partial charge in [0.2, 0.25) is 0 Å². The molecule has 106 valence electrons. The van der Waals surface area contributed by atoms with E-state index in [1.165, 1.54) is 23.2 Å². The highest BCUT2D eigenvalue weighted by Gasteiger charge is 2.35. The molecule has 1 aromatic rings. The third-order valence-corrected chi connectivity index (χ3v) is 4.35. The topological polar surface area (TPSA) is 15.3 Å². The van der Waals surface area contributed by atoms with Gasteiger partial charge in [-0.05, 0) is 56.8 Å². The predicted molar refractivity (Wildman–Crippen MR) is 84.0 cm³/mol. The molecule has 0 unspecified atom stereocenters. The fourth-order valence-electron chi connectivity index (χ4n) is 3.52. The Morgan fingerprint density at radius 3 is 2.68 bits per heavy atom. The molecule has 1 atom stereocenters. The molecule has 2 heteroatoms. The van der Waals surface area contributed by atoms with E-state index in [9.17, 15) is 0 Å². The summed E-state index contributed by atoms with van der Waals surface area (Å²) in [4.78, 5) is 2.55. The molecule has 1 heterocycles. The van der Waals surface area contributed by atoms with E-state index in [4.69, 9.17) is 0 Å². The van der Waals surface area contributed by atoms with Gasteiger partial charge in [0.1, 0.15) is 0 Å². The molecule has 0 radical (unpaired) electrons. The zero-order chi connectivity index (χ0) is 14.0. The van der Waals surface area contributed by atoms with Gasteiger partial charge in [-0.15, -0.1) is 0 Å². The number of benzene rings is 1. The molecule has 19 heavy (non-hydrogen) atoms. The van der Waals surface area contributed by atoms with Crippen LogP contribution in [0.25, 0.3) is 0 Å². The van der Waals surface area contributed by atoms with Gasteiger partial charge in [0, 0.05) is 24.3 Å². The van der Waals surface area contributed by atoms with Crippen LogP contribution < -0.4 is 10.2 Å². The largest absolute Gasteiger partial charge is 0.366 e. The van der Waals surface area contributed by atoms with Gasteiger partial charge in [-0.2, -0.15) is 0 Å². The Labute approximate surface area is 118 Å². The summed E-state index contributed by atoms with van der Waals surface area (Å²) in [6.07, 6.45) is 1.23. The highest BCUT2D eigenvalue weighted by Crippen LogP contribution is 2.43. The molecule has 0 amide bonds. The fourth-order valence-corrected chi connectivity index (χ4v) is 3.52. The molecule has 0 spiro atoms. The van der Waals surface area contributed by atoms with Crippen molar-refractivity contribution in [2.45, 2.75) is 59.0 Å². The molecular weight excluding hydrogens is 232 g/mol. The lowest BCUT2D eigenvalue weighted by molar-refractivity contribution is 0.381. The van der Waals surface area contributed by atoms with Gasteiger partial charge in [-0.25, -0.2) is 0 Å². The minimum atomic E-state index is 0.268. The third-order valence-electron chi connectivity index (χ3n) is 4.35. The lowest BCUT2D eigenvalue weighted by Crippen LogP contribution is -2.48. The molecule has 2 nitrogen and oxygen atoms in total. The second-order valence-corrected chi connectivity index (χ2v) is 6.34. The molecule has 0 saturated heterocycles. The first-order valence-corrected chi connectivity index (χ1v) is 7.60. The van der Waals surface area contributed by atoms with Gasteiger partial charge in [-0.3, -0.25) is 0 Å². The zero-order valence-electron chi connectivity index (χ0n) is 13.1. The van der Waals surface area contributed by atoms with E-state index in [-0.39, 0.29) is 5.54 Å². The molecular formula is C17H28N2. The van der Waals surface area contributed by atoms with E-state index in [1.54, 1.807) is 0 Å². The summed E-state index contributed by atoms with van der Waals surface area (Å²) >= 11 is 0. The van der Waals surface area contributed by atoms with Crippen molar-refractivity contribution >= 4 is 5.69 Å². The van der Waals surface area contributed by atoms with Crippen molar-refractivity contribution in [3.05, 3.63) is 29.3 Å². The average Bonchev–Trinajstić information content (AvgIpc) is 2.36. The number of fused-ring (bicyclic) bond motifs is 1. The SMILES string of the molecule is CCNCc1ccc2c(c1)[C@H](C)CC(C)(C)N2CC. The fraction of sp³-hybridized carbons (Fsp3) is 0.647. The normalized spacial score (nSPS) is 21.3. The Hall–Kier alpha value is -1.02. The van der Waals surface area contributed by atoms with Crippen LogP contribution in [0.1, 0.15) is 58.1 Å². The quantitative estimate of drug-likeness (QED) is 0.883. The van der Waals surface area contributed by atoms with E-state index >= 15 is 0 Å². The summed E-state index contributed by atoms with van der Waals surface area (Å²) in [5.41, 5.74) is 4.64. The van der Waals surface area contributed by atoms with E-state index < -0.39 is 0 Å². The molecule has 0 fully saturated rings. The number of hydrogen-bond acceptors (Lipinski definition) is 2. The smallest absolute Gasteiger partial charge is 0.0406 e. The van der Waals surface area contributed by atoms with Crippen LogP contribution in [-0.4, -0.2) is 18.6 Å². The zero-order valence-corrected chi connectivity index (χ0v) is 13.1. The van der Waals surface area contributed by atoms with Crippen molar-refractivity contribution in [2.75, 3.05) is 18.0 Å². The van der Waals surface area contributed by atoms with Crippen LogP contribution in [-0.2, 0) is 6.54 Å². The van der Waals surface area contributed by atoms with E-state index in [1.807, 2.05) is 0 Å². The molecule has 0 bridgehead atoms. The molecule has 0 aliphatic carbocycles. The molecule has 2 rings (SSSR count). The third kappa shape index (κ3) is 2.79. The number of nitrogens with one attached hydrogen (secondary N) is 1. The first-order chi connectivity index (χ1) is 8.99. The van der Waals surface area contributed by atoms with Crippen molar-refractivity contribution < 1.29 is 0 Å². The average molecular weight is 260 g/mol. The van der Waals surface area contributed by atoms with Crippen LogP contribution in [0.3, 0.4) is 0 Å². The number of rotatable bonds is 4. The summed E-state index contributed by atoms with van der Waals surface area (Å²) < 4.78 is 0. The second kappa shape index (κ2) is 5.54. The van der Waals surface area contributed by atoms with Gasteiger partial charge in [-0.1, -0.05) is 26.0 Å². The van der Waals surface area contributed by atoms with Crippen LogP contribution >= 0.6 is 0 Å². The van der Waals surface area contributed by atoms with E-state index in [2.05, 4.69) is 63.0 Å². The van der Waals surface area contributed by atoms with Gasteiger partial charge in [0.15, 0.2) is 0 Å². The Morgan fingerprint density at radius 2 is 2.05 bits per heavy atom. The van der Waals surface area contributed by atoms with Crippen molar-refractivity contribution in [3.63, 3.8) is 0 Å². The maximum absolute atomic E-state index is 3.41. The minimum absolute atomic E-state index is 0.268. The molecule has 1 aliphatic rings. The van der Waals surface area contributed by atoms with Crippen molar-refractivity contribution in [3.8, 4) is 0 Å².